The highest BCUT2D eigenvalue weighted by Crippen LogP contribution is 2.13. The average molecular weight is 277 g/mol. The Morgan fingerprint density at radius 1 is 1.35 bits per heavy atom. The molecule has 1 saturated heterocycles. The normalized spacial score (nSPS) is 16.0. The van der Waals surface area contributed by atoms with Gasteiger partial charge in [-0.15, -0.1) is 0 Å². The Kier molecular flexibility index (Phi) is 5.76. The summed E-state index contributed by atoms with van der Waals surface area (Å²) in [5.74, 6) is 0.883. The Hall–Kier alpha value is -1.66. The largest absolute Gasteiger partial charge is 0.478 e. The van der Waals surface area contributed by atoms with Crippen molar-refractivity contribution in [2.45, 2.75) is 12.8 Å². The van der Waals surface area contributed by atoms with Gasteiger partial charge >= 0.3 is 0 Å². The van der Waals surface area contributed by atoms with E-state index in [9.17, 15) is 0 Å². The molecule has 2 heterocycles. The van der Waals surface area contributed by atoms with Gasteiger partial charge in [-0.25, -0.2) is 0 Å². The summed E-state index contributed by atoms with van der Waals surface area (Å²) >= 11 is 0. The van der Waals surface area contributed by atoms with Gasteiger partial charge in [0.15, 0.2) is 0 Å². The first-order valence-corrected chi connectivity index (χ1v) is 7.12. The molecule has 1 aromatic rings. The van der Waals surface area contributed by atoms with E-state index < -0.39 is 0 Å². The number of unbranched alkanes of at least 4 members (excludes halogenated alkanes) is 1. The topological polar surface area (TPSA) is 87.3 Å². The smallest absolute Gasteiger partial charge is 0.215 e. The van der Waals surface area contributed by atoms with Crippen molar-refractivity contribution in [2.24, 2.45) is 0 Å². The first-order valence-electron chi connectivity index (χ1n) is 7.12. The summed E-state index contributed by atoms with van der Waals surface area (Å²) < 4.78 is 5.58. The van der Waals surface area contributed by atoms with Crippen molar-refractivity contribution >= 4 is 12.0 Å². The fraction of sp³-hybridized carbons (Fsp3) is 0.571. The van der Waals surface area contributed by atoms with E-state index in [2.05, 4.69) is 15.2 Å². The predicted octanol–water partition coefficient (Wildman–Crippen LogP) is 0.726. The number of nitrogens with two attached hydrogens (primary N) is 1. The van der Waals surface area contributed by atoms with Crippen molar-refractivity contribution in [2.75, 3.05) is 45.1 Å². The molecule has 0 spiro atoms. The molecule has 0 unspecified atom stereocenters. The lowest BCUT2D eigenvalue weighted by Crippen LogP contribution is -2.43. The molecule has 0 aromatic carbocycles. The minimum atomic E-state index is 0.346. The zero-order chi connectivity index (χ0) is 14.2. The number of hydrogen-bond donors (Lipinski definition) is 3. The third kappa shape index (κ3) is 4.47. The van der Waals surface area contributed by atoms with Crippen molar-refractivity contribution in [1.29, 1.82) is 5.41 Å². The predicted molar refractivity (Wildman–Crippen MR) is 80.6 cm³/mol. The maximum absolute atomic E-state index is 7.15. The van der Waals surface area contributed by atoms with E-state index in [4.69, 9.17) is 15.9 Å². The van der Waals surface area contributed by atoms with Crippen LogP contribution in [0, 0.1) is 5.41 Å². The first kappa shape index (κ1) is 14.7. The van der Waals surface area contributed by atoms with Crippen molar-refractivity contribution in [3.8, 4) is 5.88 Å². The van der Waals surface area contributed by atoms with Gasteiger partial charge in [-0.1, -0.05) is 0 Å². The second-order valence-corrected chi connectivity index (χ2v) is 4.92. The fourth-order valence-electron chi connectivity index (χ4n) is 2.22. The van der Waals surface area contributed by atoms with Crippen molar-refractivity contribution in [3.63, 3.8) is 0 Å². The lowest BCUT2D eigenvalue weighted by atomic mass is 10.2. The van der Waals surface area contributed by atoms with Crippen LogP contribution in [0.15, 0.2) is 12.1 Å². The third-order valence-electron chi connectivity index (χ3n) is 3.42. The average Bonchev–Trinajstić information content (AvgIpc) is 2.48. The number of aromatic nitrogens is 1. The van der Waals surface area contributed by atoms with E-state index in [1.54, 1.807) is 12.1 Å². The summed E-state index contributed by atoms with van der Waals surface area (Å²) in [6.07, 6.45) is 3.34. The molecular weight excluding hydrogens is 254 g/mol. The van der Waals surface area contributed by atoms with Crippen molar-refractivity contribution < 1.29 is 4.74 Å². The Bertz CT molecular complexity index is 432. The summed E-state index contributed by atoms with van der Waals surface area (Å²) in [7, 11) is 0. The summed E-state index contributed by atoms with van der Waals surface area (Å²) in [6.45, 7) is 6.27. The van der Waals surface area contributed by atoms with Gasteiger partial charge in [0, 0.05) is 44.0 Å². The molecule has 6 nitrogen and oxygen atoms in total. The molecule has 2 rings (SSSR count). The van der Waals surface area contributed by atoms with Gasteiger partial charge in [0.2, 0.25) is 5.88 Å². The van der Waals surface area contributed by atoms with Crippen LogP contribution in [0.25, 0.3) is 0 Å². The number of hydrogen-bond acceptors (Lipinski definition) is 6. The quantitative estimate of drug-likeness (QED) is 0.505. The lowest BCUT2D eigenvalue weighted by Gasteiger charge is -2.26. The highest BCUT2D eigenvalue weighted by molar-refractivity contribution is 5.83. The zero-order valence-electron chi connectivity index (χ0n) is 11.8. The number of pyridine rings is 1. The van der Waals surface area contributed by atoms with Crippen LogP contribution in [0.3, 0.4) is 0 Å². The van der Waals surface area contributed by atoms with Crippen LogP contribution in [0.4, 0.5) is 5.82 Å². The number of rotatable bonds is 7. The van der Waals surface area contributed by atoms with Crippen LogP contribution < -0.4 is 15.8 Å². The molecule has 0 atom stereocenters. The molecule has 0 aliphatic carbocycles. The van der Waals surface area contributed by atoms with Crippen molar-refractivity contribution in [1.82, 2.24) is 15.2 Å². The molecule has 1 aliphatic rings. The van der Waals surface area contributed by atoms with Gasteiger partial charge in [-0.05, 0) is 25.5 Å². The number of anilines is 1. The molecule has 20 heavy (non-hydrogen) atoms. The van der Waals surface area contributed by atoms with E-state index in [1.165, 1.54) is 6.21 Å². The van der Waals surface area contributed by atoms with E-state index in [0.717, 1.165) is 45.6 Å². The van der Waals surface area contributed by atoms with E-state index in [0.29, 0.717) is 23.9 Å². The number of nitrogens with one attached hydrogen (secondary N) is 2. The first-order chi connectivity index (χ1) is 9.79. The molecule has 0 amide bonds. The molecule has 0 saturated carbocycles. The summed E-state index contributed by atoms with van der Waals surface area (Å²) in [5, 5.41) is 10.5. The number of piperazine rings is 1. The molecule has 0 radical (unpaired) electrons. The van der Waals surface area contributed by atoms with Gasteiger partial charge in [-0.3, -0.25) is 0 Å². The Morgan fingerprint density at radius 3 is 2.85 bits per heavy atom. The molecule has 1 aliphatic heterocycles. The maximum Gasteiger partial charge on any atom is 0.215 e. The van der Waals surface area contributed by atoms with E-state index >= 15 is 0 Å². The molecule has 1 aromatic heterocycles. The maximum atomic E-state index is 7.15. The Balaban J connectivity index is 1.63. The third-order valence-corrected chi connectivity index (χ3v) is 3.42. The van der Waals surface area contributed by atoms with Crippen LogP contribution >= 0.6 is 0 Å². The number of nitrogens with zero attached hydrogens (tertiary/aromatic N) is 2. The van der Waals surface area contributed by atoms with E-state index in [1.807, 2.05) is 0 Å². The van der Waals surface area contributed by atoms with Gasteiger partial charge in [-0.2, -0.15) is 4.98 Å². The van der Waals surface area contributed by atoms with Crippen LogP contribution in [0.5, 0.6) is 5.88 Å². The molecular formula is C14H23N5O. The van der Waals surface area contributed by atoms with Crippen molar-refractivity contribution in [3.05, 3.63) is 17.7 Å². The van der Waals surface area contributed by atoms with Gasteiger partial charge < -0.3 is 26.1 Å². The molecule has 1 fully saturated rings. The summed E-state index contributed by atoms with van der Waals surface area (Å²) in [6, 6.07) is 3.51. The van der Waals surface area contributed by atoms with Gasteiger partial charge in [0.1, 0.15) is 5.82 Å². The monoisotopic (exact) mass is 277 g/mol. The minimum Gasteiger partial charge on any atom is -0.478 e. The second-order valence-electron chi connectivity index (χ2n) is 4.92. The second kappa shape index (κ2) is 7.81. The van der Waals surface area contributed by atoms with Gasteiger partial charge in [0.25, 0.3) is 0 Å². The molecule has 6 heteroatoms. The van der Waals surface area contributed by atoms with Gasteiger partial charge in [0.05, 0.1) is 6.61 Å². The standard InChI is InChI=1S/C14H23N5O/c15-11-12-3-4-13(18-14(12)16)20-10-2-1-7-19-8-5-17-6-9-19/h3-4,11,15,17H,1-2,5-10H2,(H2,16,18). The van der Waals surface area contributed by atoms with Crippen LogP contribution in [0.2, 0.25) is 0 Å². The van der Waals surface area contributed by atoms with E-state index in [-0.39, 0.29) is 0 Å². The Labute approximate surface area is 119 Å². The SMILES string of the molecule is N=Cc1ccc(OCCCCN2CCNCC2)nc1N. The highest BCUT2D eigenvalue weighted by Gasteiger charge is 2.08. The van der Waals surface area contributed by atoms with Crippen LogP contribution in [0.1, 0.15) is 18.4 Å². The van der Waals surface area contributed by atoms with Crippen LogP contribution in [-0.4, -0.2) is 55.4 Å². The fourth-order valence-corrected chi connectivity index (χ4v) is 2.22. The summed E-state index contributed by atoms with van der Waals surface area (Å²) in [5.41, 5.74) is 6.33. The number of ether oxygens (including phenoxy) is 1. The summed E-state index contributed by atoms with van der Waals surface area (Å²) in [4.78, 5) is 6.59. The zero-order valence-corrected chi connectivity index (χ0v) is 11.8. The number of nitrogen functional groups attached to an aromatic ring is 1. The Morgan fingerprint density at radius 2 is 2.15 bits per heavy atom. The molecule has 4 N–H and O–H groups in total. The van der Waals surface area contributed by atoms with Crippen LogP contribution in [-0.2, 0) is 0 Å². The molecule has 110 valence electrons. The highest BCUT2D eigenvalue weighted by atomic mass is 16.5. The minimum absolute atomic E-state index is 0.346. The lowest BCUT2D eigenvalue weighted by molar-refractivity contribution is 0.224. The molecule has 0 bridgehead atoms.